The molecule has 7 heteroatoms. The minimum atomic E-state index is -0.157. The summed E-state index contributed by atoms with van der Waals surface area (Å²) in [7, 11) is 3.24. The lowest BCUT2D eigenvalue weighted by atomic mass is 10.1. The van der Waals surface area contributed by atoms with Crippen LogP contribution in [0.2, 0.25) is 0 Å². The van der Waals surface area contributed by atoms with Crippen LogP contribution < -0.4 is 10.3 Å². The molecule has 0 bridgehead atoms. The van der Waals surface area contributed by atoms with Crippen molar-refractivity contribution in [1.82, 2.24) is 9.30 Å². The lowest BCUT2D eigenvalue weighted by molar-refractivity contribution is 0.0697. The number of amides is 1. The minimum absolute atomic E-state index is 0.0871. The van der Waals surface area contributed by atoms with Crippen LogP contribution in [0.15, 0.2) is 58.8 Å². The number of nitrogens with zero attached hydrogens (tertiary/aromatic N) is 2. The Bertz CT molecular complexity index is 1310. The number of benzene rings is 1. The van der Waals surface area contributed by atoms with E-state index in [0.29, 0.717) is 30.8 Å². The van der Waals surface area contributed by atoms with Crippen molar-refractivity contribution in [3.05, 3.63) is 70.0 Å². The third-order valence-corrected chi connectivity index (χ3v) is 6.48. The standard InChI is InChI=1S/C25H26N2O4S/c1-4-12-26(13-14-30-2)24(28)21-16-27-22(23-20(21)11-15-32-23)10-9-19(25(27)29)17-5-7-18(31-3)8-6-17/h5-11,15-16H,4,12-14H2,1-3H3. The lowest BCUT2D eigenvalue weighted by Gasteiger charge is -2.22. The molecule has 0 aliphatic rings. The summed E-state index contributed by atoms with van der Waals surface area (Å²) in [5.41, 5.74) is 2.55. The number of hydrogen-bond donors (Lipinski definition) is 0. The molecule has 3 aromatic heterocycles. The van der Waals surface area contributed by atoms with Gasteiger partial charge in [0.15, 0.2) is 0 Å². The Labute approximate surface area is 190 Å². The van der Waals surface area contributed by atoms with Gasteiger partial charge in [-0.25, -0.2) is 0 Å². The predicted octanol–water partition coefficient (Wildman–Crippen LogP) is 4.69. The van der Waals surface area contributed by atoms with Crippen LogP contribution in [0.25, 0.3) is 26.7 Å². The molecule has 1 amide bonds. The van der Waals surface area contributed by atoms with Gasteiger partial charge in [0.1, 0.15) is 5.75 Å². The second kappa shape index (κ2) is 9.54. The molecule has 0 spiro atoms. The topological polar surface area (TPSA) is 60.2 Å². The van der Waals surface area contributed by atoms with Gasteiger partial charge in [-0.05, 0) is 47.7 Å². The zero-order valence-electron chi connectivity index (χ0n) is 18.5. The first-order chi connectivity index (χ1) is 15.6. The Kier molecular flexibility index (Phi) is 6.58. The molecule has 6 nitrogen and oxygen atoms in total. The number of carbonyl (C=O) groups excluding carboxylic acids is 1. The van der Waals surface area contributed by atoms with E-state index in [0.717, 1.165) is 33.3 Å². The Morgan fingerprint density at radius 2 is 1.84 bits per heavy atom. The highest BCUT2D eigenvalue weighted by molar-refractivity contribution is 7.18. The second-order valence-corrected chi connectivity index (χ2v) is 8.44. The number of methoxy groups -OCH3 is 2. The quantitative estimate of drug-likeness (QED) is 0.391. The molecule has 0 saturated carbocycles. The summed E-state index contributed by atoms with van der Waals surface area (Å²) in [5.74, 6) is 0.644. The van der Waals surface area contributed by atoms with Crippen LogP contribution in [-0.2, 0) is 4.74 Å². The Morgan fingerprint density at radius 3 is 2.53 bits per heavy atom. The number of aromatic nitrogens is 1. The molecule has 4 rings (SSSR count). The van der Waals surface area contributed by atoms with Crippen molar-refractivity contribution in [3.63, 3.8) is 0 Å². The smallest absolute Gasteiger partial charge is 0.263 e. The van der Waals surface area contributed by atoms with Gasteiger partial charge in [0.2, 0.25) is 0 Å². The zero-order chi connectivity index (χ0) is 22.7. The maximum absolute atomic E-state index is 13.5. The molecular weight excluding hydrogens is 424 g/mol. The largest absolute Gasteiger partial charge is 0.497 e. The molecule has 4 aromatic rings. The van der Waals surface area contributed by atoms with E-state index < -0.39 is 0 Å². The molecule has 3 heterocycles. The van der Waals surface area contributed by atoms with Crippen LogP contribution in [-0.4, -0.2) is 49.1 Å². The molecule has 0 atom stereocenters. The molecular formula is C25H26N2O4S. The first kappa shape index (κ1) is 22.0. The van der Waals surface area contributed by atoms with Crippen molar-refractivity contribution in [2.45, 2.75) is 13.3 Å². The average Bonchev–Trinajstić information content (AvgIpc) is 3.31. The van der Waals surface area contributed by atoms with Gasteiger partial charge in [-0.15, -0.1) is 11.3 Å². The molecule has 0 aliphatic carbocycles. The minimum Gasteiger partial charge on any atom is -0.497 e. The van der Waals surface area contributed by atoms with E-state index >= 15 is 0 Å². The molecule has 32 heavy (non-hydrogen) atoms. The molecule has 0 aliphatic heterocycles. The van der Waals surface area contributed by atoms with E-state index in [4.69, 9.17) is 9.47 Å². The molecule has 0 fully saturated rings. The molecule has 0 radical (unpaired) electrons. The van der Waals surface area contributed by atoms with Crippen LogP contribution in [0, 0.1) is 0 Å². The Morgan fingerprint density at radius 1 is 1.06 bits per heavy atom. The third-order valence-electron chi connectivity index (χ3n) is 5.54. The van der Waals surface area contributed by atoms with E-state index in [1.807, 2.05) is 54.8 Å². The van der Waals surface area contributed by atoms with E-state index in [9.17, 15) is 9.59 Å². The fourth-order valence-corrected chi connectivity index (χ4v) is 4.83. The first-order valence-electron chi connectivity index (χ1n) is 10.6. The molecule has 0 unspecified atom stereocenters. The van der Waals surface area contributed by atoms with Gasteiger partial charge in [-0.3, -0.25) is 14.0 Å². The number of fused-ring (bicyclic) bond motifs is 3. The van der Waals surface area contributed by atoms with Gasteiger partial charge in [0, 0.05) is 37.3 Å². The number of rotatable bonds is 8. The average molecular weight is 451 g/mol. The second-order valence-electron chi connectivity index (χ2n) is 7.53. The Balaban J connectivity index is 1.88. The van der Waals surface area contributed by atoms with E-state index in [-0.39, 0.29) is 11.5 Å². The van der Waals surface area contributed by atoms with E-state index in [1.165, 1.54) is 11.3 Å². The lowest BCUT2D eigenvalue weighted by Crippen LogP contribution is -2.35. The summed E-state index contributed by atoms with van der Waals surface area (Å²) >= 11 is 1.53. The monoisotopic (exact) mass is 450 g/mol. The normalized spacial score (nSPS) is 11.2. The highest BCUT2D eigenvalue weighted by atomic mass is 32.1. The number of hydrogen-bond acceptors (Lipinski definition) is 5. The number of thiophene rings is 1. The number of ether oxygens (including phenoxy) is 2. The van der Waals surface area contributed by atoms with Gasteiger partial charge < -0.3 is 14.4 Å². The molecule has 0 N–H and O–H groups in total. The van der Waals surface area contributed by atoms with Crippen molar-refractivity contribution in [3.8, 4) is 16.9 Å². The number of carbonyl (C=O) groups is 1. The first-order valence-corrected chi connectivity index (χ1v) is 11.4. The summed E-state index contributed by atoms with van der Waals surface area (Å²) < 4.78 is 12.9. The van der Waals surface area contributed by atoms with Gasteiger partial charge in [-0.1, -0.05) is 19.1 Å². The molecule has 166 valence electrons. The summed E-state index contributed by atoms with van der Waals surface area (Å²) in [5, 5.41) is 2.83. The maximum Gasteiger partial charge on any atom is 0.263 e. The Hall–Kier alpha value is -3.16. The fourth-order valence-electron chi connectivity index (χ4n) is 3.90. The number of pyridine rings is 2. The SMILES string of the molecule is CCCN(CCOC)C(=O)c1cn2c(=O)c(-c3ccc(OC)cc3)ccc2c2sccc12. The van der Waals surface area contributed by atoms with Crippen LogP contribution in [0.1, 0.15) is 23.7 Å². The maximum atomic E-state index is 13.5. The van der Waals surface area contributed by atoms with E-state index in [2.05, 4.69) is 0 Å². The van der Waals surface area contributed by atoms with Gasteiger partial charge >= 0.3 is 0 Å². The van der Waals surface area contributed by atoms with Crippen molar-refractivity contribution >= 4 is 32.8 Å². The van der Waals surface area contributed by atoms with Crippen molar-refractivity contribution in [2.75, 3.05) is 33.9 Å². The summed E-state index contributed by atoms with van der Waals surface area (Å²) in [6.07, 6.45) is 2.54. The van der Waals surface area contributed by atoms with Crippen molar-refractivity contribution < 1.29 is 14.3 Å². The summed E-state index contributed by atoms with van der Waals surface area (Å²) in [4.78, 5) is 28.8. The molecule has 1 aromatic carbocycles. The van der Waals surface area contributed by atoms with E-state index in [1.54, 1.807) is 29.7 Å². The summed E-state index contributed by atoms with van der Waals surface area (Å²) in [6.45, 7) is 3.65. The fraction of sp³-hybridized carbons (Fsp3) is 0.280. The van der Waals surface area contributed by atoms with Crippen LogP contribution in [0.3, 0.4) is 0 Å². The summed E-state index contributed by atoms with van der Waals surface area (Å²) in [6, 6.07) is 13.1. The van der Waals surface area contributed by atoms with Crippen LogP contribution in [0.4, 0.5) is 0 Å². The van der Waals surface area contributed by atoms with Gasteiger partial charge in [0.05, 0.1) is 29.5 Å². The third kappa shape index (κ3) is 4.01. The zero-order valence-corrected chi connectivity index (χ0v) is 19.3. The predicted molar refractivity (Wildman–Crippen MR) is 129 cm³/mol. The highest BCUT2D eigenvalue weighted by Crippen LogP contribution is 2.30. The van der Waals surface area contributed by atoms with Gasteiger partial charge in [0.25, 0.3) is 11.5 Å². The van der Waals surface area contributed by atoms with Crippen LogP contribution in [0.5, 0.6) is 5.75 Å². The van der Waals surface area contributed by atoms with Crippen molar-refractivity contribution in [1.29, 1.82) is 0 Å². The van der Waals surface area contributed by atoms with Gasteiger partial charge in [-0.2, -0.15) is 0 Å². The highest BCUT2D eigenvalue weighted by Gasteiger charge is 2.21. The van der Waals surface area contributed by atoms with Crippen molar-refractivity contribution in [2.24, 2.45) is 0 Å². The molecule has 0 saturated heterocycles. The van der Waals surface area contributed by atoms with Crippen LogP contribution >= 0.6 is 11.3 Å².